The van der Waals surface area contributed by atoms with Gasteiger partial charge < -0.3 is 19.2 Å². The van der Waals surface area contributed by atoms with Crippen molar-refractivity contribution < 1.29 is 23.1 Å². The number of aromatic nitrogens is 2. The van der Waals surface area contributed by atoms with E-state index in [2.05, 4.69) is 22.1 Å². The molecule has 2 aromatic carbocycles. The molecule has 0 unspecified atom stereocenters. The van der Waals surface area contributed by atoms with E-state index in [-0.39, 0.29) is 29.6 Å². The number of nitrogens with zero attached hydrogens (tertiary/aromatic N) is 4. The van der Waals surface area contributed by atoms with Crippen LogP contribution in [0.1, 0.15) is 92.9 Å². The van der Waals surface area contributed by atoms with Gasteiger partial charge in [0.1, 0.15) is 17.9 Å². The summed E-state index contributed by atoms with van der Waals surface area (Å²) in [5, 5.41) is 12.0. The Morgan fingerprint density at radius 2 is 1.89 bits per heavy atom. The Labute approximate surface area is 269 Å². The first-order chi connectivity index (χ1) is 21.9. The zero-order valence-electron chi connectivity index (χ0n) is 27.2. The highest BCUT2D eigenvalue weighted by molar-refractivity contribution is 5.97. The number of nitriles is 1. The summed E-state index contributed by atoms with van der Waals surface area (Å²) in [5.41, 5.74) is 2.63. The Balaban J connectivity index is 1.13. The van der Waals surface area contributed by atoms with Crippen LogP contribution in [0.2, 0.25) is 0 Å². The Morgan fingerprint density at radius 3 is 2.61 bits per heavy atom. The van der Waals surface area contributed by atoms with Gasteiger partial charge in [-0.15, -0.1) is 0 Å². The molecule has 0 spiro atoms. The maximum absolute atomic E-state index is 14.2. The molecule has 1 N–H and O–H groups in total. The number of halogens is 1. The Kier molecular flexibility index (Phi) is 10.0. The second-order valence-electron chi connectivity index (χ2n) is 13.2. The molecule has 5 rings (SSSR count). The number of hydrogen-bond donors (Lipinski definition) is 1. The maximum atomic E-state index is 14.2. The van der Waals surface area contributed by atoms with Crippen LogP contribution in [0.4, 0.5) is 4.39 Å². The fraction of sp³-hybridized carbons (Fsp3) is 0.444. The number of piperidine rings is 1. The number of oxazole rings is 1. The van der Waals surface area contributed by atoms with Crippen molar-refractivity contribution >= 4 is 17.0 Å². The van der Waals surface area contributed by atoms with E-state index < -0.39 is 11.4 Å². The van der Waals surface area contributed by atoms with Gasteiger partial charge in [-0.25, -0.2) is 14.4 Å². The van der Waals surface area contributed by atoms with Gasteiger partial charge in [-0.1, -0.05) is 19.1 Å². The predicted octanol–water partition coefficient (Wildman–Crippen LogP) is 6.91. The van der Waals surface area contributed by atoms with Crippen LogP contribution in [0.15, 0.2) is 59.0 Å². The van der Waals surface area contributed by atoms with Crippen LogP contribution in [-0.2, 0) is 17.9 Å². The molecule has 0 atom stereocenters. The molecular formula is C36H42FN5O4. The molecule has 10 heteroatoms. The Hall–Kier alpha value is -4.33. The quantitative estimate of drug-likeness (QED) is 0.180. The van der Waals surface area contributed by atoms with E-state index in [1.54, 1.807) is 30.3 Å². The van der Waals surface area contributed by atoms with Crippen LogP contribution in [-0.4, -0.2) is 51.6 Å². The van der Waals surface area contributed by atoms with E-state index >= 15 is 0 Å². The first-order valence-corrected chi connectivity index (χ1v) is 15.8. The van der Waals surface area contributed by atoms with E-state index in [9.17, 15) is 9.18 Å². The molecule has 1 fully saturated rings. The summed E-state index contributed by atoms with van der Waals surface area (Å²) >= 11 is 0. The summed E-state index contributed by atoms with van der Waals surface area (Å²) in [7, 11) is 0. The number of fused-ring (bicyclic) bond motifs is 1. The molecule has 0 radical (unpaired) electrons. The molecule has 2 aromatic heterocycles. The fourth-order valence-corrected chi connectivity index (χ4v) is 5.28. The van der Waals surface area contributed by atoms with Crippen molar-refractivity contribution in [2.24, 2.45) is 0 Å². The first-order valence-electron chi connectivity index (χ1n) is 15.8. The van der Waals surface area contributed by atoms with Crippen molar-refractivity contribution in [3.05, 3.63) is 88.7 Å². The van der Waals surface area contributed by atoms with Crippen LogP contribution < -0.4 is 10.1 Å². The topological polar surface area (TPSA) is 114 Å². The molecule has 1 aliphatic rings. The van der Waals surface area contributed by atoms with Crippen molar-refractivity contribution in [3.63, 3.8) is 0 Å². The molecule has 242 valence electrons. The zero-order chi connectivity index (χ0) is 32.9. The molecule has 1 aliphatic heterocycles. The average Bonchev–Trinajstić information content (AvgIpc) is 3.45. The number of ether oxygens (including phenoxy) is 2. The monoisotopic (exact) mass is 627 g/mol. The van der Waals surface area contributed by atoms with Gasteiger partial charge in [0.2, 0.25) is 11.8 Å². The molecule has 1 saturated heterocycles. The van der Waals surface area contributed by atoms with E-state index in [1.807, 2.05) is 52.0 Å². The number of hydrogen-bond acceptors (Lipinski definition) is 8. The average molecular weight is 628 g/mol. The number of carbonyl (C=O) groups is 1. The normalized spacial score (nSPS) is 14.7. The summed E-state index contributed by atoms with van der Waals surface area (Å²) in [4.78, 5) is 24.7. The number of likely N-dealkylation sites (tertiary alicyclic amines) is 1. The van der Waals surface area contributed by atoms with Crippen LogP contribution in [0.5, 0.6) is 5.88 Å². The van der Waals surface area contributed by atoms with Crippen LogP contribution in [0, 0.1) is 17.1 Å². The van der Waals surface area contributed by atoms with E-state index in [4.69, 9.17) is 24.1 Å². The lowest BCUT2D eigenvalue weighted by Crippen LogP contribution is -2.48. The number of nitrogens with one attached hydrogen (secondary N) is 1. The number of carbonyl (C=O) groups excluding carboxylic acids is 1. The van der Waals surface area contributed by atoms with Gasteiger partial charge in [-0.05, 0) is 96.4 Å². The lowest BCUT2D eigenvalue weighted by molar-refractivity contribution is -0.0433. The molecular weight excluding hydrogens is 585 g/mol. The second kappa shape index (κ2) is 14.0. The lowest BCUT2D eigenvalue weighted by atomic mass is 9.93. The predicted molar refractivity (Wildman–Crippen MR) is 173 cm³/mol. The Bertz CT molecular complexity index is 1720. The SMILES string of the molecule is CCC(C)(C)OCC(C)(C)NC(=O)c1ccc2nc(CN3CCC(c4cccc(OCc5ccc(C#N)cc5F)n4)CC3)oc2c1. The van der Waals surface area contributed by atoms with Crippen molar-refractivity contribution in [1.29, 1.82) is 5.26 Å². The van der Waals surface area contributed by atoms with Gasteiger partial charge in [-0.2, -0.15) is 5.26 Å². The van der Waals surface area contributed by atoms with Gasteiger partial charge in [0.05, 0.1) is 35.9 Å². The summed E-state index contributed by atoms with van der Waals surface area (Å²) in [6.07, 6.45) is 2.72. The third-order valence-corrected chi connectivity index (χ3v) is 8.49. The van der Waals surface area contributed by atoms with Gasteiger partial charge in [0.25, 0.3) is 5.91 Å². The molecule has 0 saturated carbocycles. The molecule has 46 heavy (non-hydrogen) atoms. The van der Waals surface area contributed by atoms with Crippen LogP contribution in [0.25, 0.3) is 11.1 Å². The third kappa shape index (κ3) is 8.47. The highest BCUT2D eigenvalue weighted by Crippen LogP contribution is 2.29. The van der Waals surface area contributed by atoms with Crippen molar-refractivity contribution in [1.82, 2.24) is 20.2 Å². The van der Waals surface area contributed by atoms with E-state index in [1.165, 1.54) is 6.07 Å². The van der Waals surface area contributed by atoms with Crippen LogP contribution in [0.3, 0.4) is 0 Å². The zero-order valence-corrected chi connectivity index (χ0v) is 27.2. The minimum Gasteiger partial charge on any atom is -0.473 e. The maximum Gasteiger partial charge on any atom is 0.251 e. The summed E-state index contributed by atoms with van der Waals surface area (Å²) in [5.74, 6) is 0.684. The molecule has 9 nitrogen and oxygen atoms in total. The van der Waals surface area contributed by atoms with Crippen molar-refractivity contribution in [2.75, 3.05) is 19.7 Å². The van der Waals surface area contributed by atoms with Crippen molar-refractivity contribution in [3.8, 4) is 11.9 Å². The summed E-state index contributed by atoms with van der Waals surface area (Å²) < 4.78 is 32.1. The smallest absolute Gasteiger partial charge is 0.251 e. The minimum absolute atomic E-state index is 0.0353. The number of pyridine rings is 1. The van der Waals surface area contributed by atoms with Gasteiger partial charge >= 0.3 is 0 Å². The standard InChI is InChI=1S/C36H42FN5O4/c1-6-36(4,5)45-23-35(2,3)41-34(43)26-12-13-30-31(19-26)46-33(40-30)21-42-16-14-25(15-17-42)29-8-7-9-32(39-29)44-22-27-11-10-24(20-38)18-28(27)37/h7-13,18-19,25H,6,14-17,21-23H2,1-5H3,(H,41,43). The number of amides is 1. The number of rotatable bonds is 12. The van der Waals surface area contributed by atoms with E-state index in [0.717, 1.165) is 43.6 Å². The van der Waals surface area contributed by atoms with Gasteiger partial charge in [0.15, 0.2) is 5.58 Å². The highest BCUT2D eigenvalue weighted by Gasteiger charge is 2.27. The van der Waals surface area contributed by atoms with Gasteiger partial charge in [-0.3, -0.25) is 9.69 Å². The number of benzene rings is 2. The third-order valence-electron chi connectivity index (χ3n) is 8.49. The lowest BCUT2D eigenvalue weighted by Gasteiger charge is -2.32. The second-order valence-corrected chi connectivity index (χ2v) is 13.2. The summed E-state index contributed by atoms with van der Waals surface area (Å²) in [6.45, 7) is 12.8. The molecule has 1 amide bonds. The highest BCUT2D eigenvalue weighted by atomic mass is 19.1. The first kappa shape index (κ1) is 33.0. The Morgan fingerprint density at radius 1 is 1.11 bits per heavy atom. The van der Waals surface area contributed by atoms with E-state index in [0.29, 0.717) is 41.6 Å². The fourth-order valence-electron chi connectivity index (χ4n) is 5.28. The van der Waals surface area contributed by atoms with Gasteiger partial charge in [0, 0.05) is 28.8 Å². The minimum atomic E-state index is -0.535. The summed E-state index contributed by atoms with van der Waals surface area (Å²) in [6, 6.07) is 17.3. The molecule has 0 bridgehead atoms. The molecule has 0 aliphatic carbocycles. The van der Waals surface area contributed by atoms with Crippen molar-refractivity contribution in [2.45, 2.75) is 84.1 Å². The molecule has 3 heterocycles. The largest absolute Gasteiger partial charge is 0.473 e. The molecule has 4 aromatic rings. The van der Waals surface area contributed by atoms with Crippen LogP contribution >= 0.6 is 0 Å².